The van der Waals surface area contributed by atoms with Crippen LogP contribution in [0.1, 0.15) is 27.7 Å². The molecule has 0 fully saturated rings. The molecule has 118 valence electrons. The van der Waals surface area contributed by atoms with Gasteiger partial charge in [0.2, 0.25) is 5.91 Å². The Hall–Kier alpha value is -1.89. The monoisotopic (exact) mass is 297 g/mol. The second kappa shape index (κ2) is 6.71. The lowest BCUT2D eigenvalue weighted by Gasteiger charge is -2.34. The maximum Gasteiger partial charge on any atom is 0.269 e. The molecular weight excluding hydrogens is 274 g/mol. The van der Waals surface area contributed by atoms with Crippen LogP contribution in [0, 0.1) is 0 Å². The first-order valence-corrected chi connectivity index (χ1v) is 6.76. The molecule has 1 rings (SSSR count). The Balaban J connectivity index is 3.01. The van der Waals surface area contributed by atoms with Crippen LogP contribution in [-0.4, -0.2) is 59.9 Å². The van der Waals surface area contributed by atoms with Gasteiger partial charge in [0.05, 0.1) is 0 Å². The van der Waals surface area contributed by atoms with E-state index < -0.39 is 5.54 Å². The number of ether oxygens (including phenoxy) is 1. The van der Waals surface area contributed by atoms with Crippen LogP contribution in [0.3, 0.4) is 0 Å². The van der Waals surface area contributed by atoms with Crippen molar-refractivity contribution in [1.29, 1.82) is 0 Å². The fourth-order valence-electron chi connectivity index (χ4n) is 1.93. The number of hydrogen-bond donors (Lipinski definition) is 1. The minimum Gasteiger partial charge on any atom is -0.375 e. The summed E-state index contributed by atoms with van der Waals surface area (Å²) < 4.78 is 4.81. The summed E-state index contributed by atoms with van der Waals surface area (Å²) >= 11 is 0. The van der Waals surface area contributed by atoms with Crippen molar-refractivity contribution in [3.8, 4) is 0 Å². The number of amides is 3. The van der Waals surface area contributed by atoms with Crippen molar-refractivity contribution in [1.82, 2.24) is 15.1 Å². The lowest BCUT2D eigenvalue weighted by molar-refractivity contribution is -0.137. The van der Waals surface area contributed by atoms with E-state index in [9.17, 15) is 14.4 Å². The molecule has 0 saturated heterocycles. The zero-order chi connectivity index (χ0) is 16.2. The maximum atomic E-state index is 12.3. The van der Waals surface area contributed by atoms with E-state index in [1.54, 1.807) is 0 Å². The molecule has 0 radical (unpaired) electrons. The number of hydrogen-bond acceptors (Lipinski definition) is 4. The van der Waals surface area contributed by atoms with Crippen molar-refractivity contribution in [3.05, 3.63) is 11.9 Å². The van der Waals surface area contributed by atoms with Crippen LogP contribution >= 0.6 is 0 Å². The van der Waals surface area contributed by atoms with E-state index in [2.05, 4.69) is 5.32 Å². The molecule has 1 aliphatic heterocycles. The van der Waals surface area contributed by atoms with E-state index in [0.29, 0.717) is 6.54 Å². The molecule has 21 heavy (non-hydrogen) atoms. The Morgan fingerprint density at radius 2 is 1.90 bits per heavy atom. The molecule has 3 amide bonds. The number of carbonyl (C=O) groups is 3. The highest BCUT2D eigenvalue weighted by molar-refractivity contribution is 5.98. The van der Waals surface area contributed by atoms with Crippen LogP contribution in [0.5, 0.6) is 0 Å². The molecule has 0 aliphatic carbocycles. The Kier molecular flexibility index (Phi) is 5.48. The van der Waals surface area contributed by atoms with Gasteiger partial charge >= 0.3 is 0 Å². The molecule has 0 aromatic rings. The Morgan fingerprint density at radius 3 is 2.38 bits per heavy atom. The van der Waals surface area contributed by atoms with Crippen molar-refractivity contribution in [3.63, 3.8) is 0 Å². The third kappa shape index (κ3) is 4.86. The highest BCUT2D eigenvalue weighted by atomic mass is 16.5. The Morgan fingerprint density at radius 1 is 1.29 bits per heavy atom. The van der Waals surface area contributed by atoms with E-state index in [4.69, 9.17) is 4.74 Å². The minimum atomic E-state index is -0.431. The first-order valence-electron chi connectivity index (χ1n) is 6.76. The van der Waals surface area contributed by atoms with Crippen molar-refractivity contribution in [2.24, 2.45) is 0 Å². The van der Waals surface area contributed by atoms with Gasteiger partial charge in [-0.3, -0.25) is 14.4 Å². The van der Waals surface area contributed by atoms with E-state index in [0.717, 1.165) is 0 Å². The fourth-order valence-corrected chi connectivity index (χ4v) is 1.93. The third-order valence-corrected chi connectivity index (χ3v) is 2.82. The predicted octanol–water partition coefficient (Wildman–Crippen LogP) is 0.0796. The largest absolute Gasteiger partial charge is 0.375 e. The van der Waals surface area contributed by atoms with Gasteiger partial charge in [-0.1, -0.05) is 0 Å². The van der Waals surface area contributed by atoms with Gasteiger partial charge in [0, 0.05) is 38.9 Å². The van der Waals surface area contributed by atoms with Crippen LogP contribution in [0.4, 0.5) is 0 Å². The Bertz CT molecular complexity index is 465. The number of nitrogens with one attached hydrogen (secondary N) is 1. The van der Waals surface area contributed by atoms with Crippen LogP contribution in [0.15, 0.2) is 11.9 Å². The average molecular weight is 297 g/mol. The van der Waals surface area contributed by atoms with Gasteiger partial charge in [0.1, 0.15) is 12.3 Å². The van der Waals surface area contributed by atoms with Gasteiger partial charge in [0.25, 0.3) is 11.8 Å². The molecule has 7 nitrogen and oxygen atoms in total. The lowest BCUT2D eigenvalue weighted by Crippen LogP contribution is -2.50. The zero-order valence-electron chi connectivity index (χ0n) is 13.2. The highest BCUT2D eigenvalue weighted by Gasteiger charge is 2.30. The van der Waals surface area contributed by atoms with Gasteiger partial charge in [-0.15, -0.1) is 0 Å². The second-order valence-corrected chi connectivity index (χ2v) is 5.91. The number of methoxy groups -OCH3 is 1. The van der Waals surface area contributed by atoms with Crippen LogP contribution in [0.2, 0.25) is 0 Å². The van der Waals surface area contributed by atoms with Crippen molar-refractivity contribution in [2.75, 3.05) is 26.8 Å². The zero-order valence-corrected chi connectivity index (χ0v) is 13.2. The van der Waals surface area contributed by atoms with Crippen LogP contribution < -0.4 is 5.32 Å². The normalized spacial score (nSPS) is 15.6. The summed E-state index contributed by atoms with van der Waals surface area (Å²) in [4.78, 5) is 38.6. The fraction of sp³-hybridized carbons (Fsp3) is 0.643. The van der Waals surface area contributed by atoms with Crippen molar-refractivity contribution in [2.45, 2.75) is 33.2 Å². The summed E-state index contributed by atoms with van der Waals surface area (Å²) in [5.74, 6) is -0.862. The molecule has 0 spiro atoms. The third-order valence-electron chi connectivity index (χ3n) is 2.82. The van der Waals surface area contributed by atoms with Crippen molar-refractivity contribution >= 4 is 17.7 Å². The summed E-state index contributed by atoms with van der Waals surface area (Å²) in [6.07, 6.45) is 1.41. The highest BCUT2D eigenvalue weighted by Crippen LogP contribution is 2.15. The number of rotatable bonds is 3. The molecule has 1 N–H and O–H groups in total. The van der Waals surface area contributed by atoms with Crippen LogP contribution in [-0.2, 0) is 19.1 Å². The molecule has 0 aromatic heterocycles. The average Bonchev–Trinajstić information content (AvgIpc) is 2.36. The molecule has 0 aromatic carbocycles. The van der Waals surface area contributed by atoms with E-state index in [1.807, 2.05) is 20.8 Å². The first-order chi connectivity index (χ1) is 9.65. The Labute approximate surface area is 124 Å². The van der Waals surface area contributed by atoms with Crippen molar-refractivity contribution < 1.29 is 19.1 Å². The molecule has 0 saturated carbocycles. The van der Waals surface area contributed by atoms with Gasteiger partial charge < -0.3 is 19.9 Å². The number of carbonyl (C=O) groups excluding carboxylic acids is 3. The summed E-state index contributed by atoms with van der Waals surface area (Å²) in [7, 11) is 1.43. The molecule has 0 atom stereocenters. The van der Waals surface area contributed by atoms with E-state index >= 15 is 0 Å². The van der Waals surface area contributed by atoms with E-state index in [-0.39, 0.29) is 36.6 Å². The van der Waals surface area contributed by atoms with Crippen LogP contribution in [0.25, 0.3) is 0 Å². The summed E-state index contributed by atoms with van der Waals surface area (Å²) in [6.45, 7) is 7.50. The molecule has 0 bridgehead atoms. The molecule has 1 heterocycles. The van der Waals surface area contributed by atoms with Gasteiger partial charge in [-0.25, -0.2) is 0 Å². The summed E-state index contributed by atoms with van der Waals surface area (Å²) in [5, 5.41) is 2.79. The SMILES string of the molecule is COCC(=O)N1C=C(C(=O)NC(C)(C)C)N(C(C)=O)CC1. The molecule has 7 heteroatoms. The van der Waals surface area contributed by atoms with Gasteiger partial charge in [-0.05, 0) is 20.8 Å². The topological polar surface area (TPSA) is 79.0 Å². The first kappa shape index (κ1) is 17.2. The smallest absolute Gasteiger partial charge is 0.269 e. The second-order valence-electron chi connectivity index (χ2n) is 5.91. The standard InChI is InChI=1S/C14H23N3O4/c1-10(18)17-7-6-16(12(19)9-21-5)8-11(17)13(20)15-14(2,3)4/h8H,6-7,9H2,1-5H3,(H,15,20). The quantitative estimate of drug-likeness (QED) is 0.800. The van der Waals surface area contributed by atoms with E-state index in [1.165, 1.54) is 30.0 Å². The number of nitrogens with zero attached hydrogens (tertiary/aromatic N) is 2. The molecule has 1 aliphatic rings. The lowest BCUT2D eigenvalue weighted by atomic mass is 10.1. The van der Waals surface area contributed by atoms with Gasteiger partial charge in [-0.2, -0.15) is 0 Å². The summed E-state index contributed by atoms with van der Waals surface area (Å²) in [5.41, 5.74) is -0.257. The molecular formula is C14H23N3O4. The predicted molar refractivity (Wildman–Crippen MR) is 77.0 cm³/mol. The summed E-state index contributed by atoms with van der Waals surface area (Å²) in [6, 6.07) is 0. The minimum absolute atomic E-state index is 0.0647. The molecule has 0 unspecified atom stereocenters. The maximum absolute atomic E-state index is 12.3. The van der Waals surface area contributed by atoms with Gasteiger partial charge in [0.15, 0.2) is 0 Å².